The molecule has 0 saturated carbocycles. The fraction of sp³-hybridized carbons (Fsp3) is 0.103. The van der Waals surface area contributed by atoms with Crippen LogP contribution in [0.25, 0.3) is 21.5 Å². The van der Waals surface area contributed by atoms with Crippen molar-refractivity contribution >= 4 is 21.5 Å². The molecule has 5 aromatic rings. The third-order valence-corrected chi connectivity index (χ3v) is 6.26. The molecule has 0 N–H and O–H groups in total. The summed E-state index contributed by atoms with van der Waals surface area (Å²) < 4.78 is 0. The van der Waals surface area contributed by atoms with Gasteiger partial charge in [-0.1, -0.05) is 116 Å². The Labute approximate surface area is 172 Å². The van der Waals surface area contributed by atoms with E-state index < -0.39 is 0 Å². The Bertz CT molecular complexity index is 1170. The lowest BCUT2D eigenvalue weighted by Gasteiger charge is -2.37. The molecular weight excluding hydrogens is 348 g/mol. The van der Waals surface area contributed by atoms with Crippen molar-refractivity contribution in [3.8, 4) is 0 Å². The van der Waals surface area contributed by atoms with Crippen LogP contribution < -0.4 is 0 Å². The first-order chi connectivity index (χ1) is 14.3. The van der Waals surface area contributed by atoms with Gasteiger partial charge in [-0.3, -0.25) is 0 Å². The minimum atomic E-state index is -0.219. The standard InChI is InChI=1S/C29H24/c1-2-29(24-15-5-3-6-16-24,25-17-7-4-8-18-25)28-26-19-11-9-13-22(26)21-23-14-10-12-20-27(23)28/h3-21H,2H2,1H3. The summed E-state index contributed by atoms with van der Waals surface area (Å²) in [5.41, 5.74) is 3.87. The van der Waals surface area contributed by atoms with Crippen LogP contribution in [-0.2, 0) is 5.41 Å². The lowest BCUT2D eigenvalue weighted by atomic mass is 9.65. The topological polar surface area (TPSA) is 0 Å². The zero-order valence-corrected chi connectivity index (χ0v) is 16.7. The van der Waals surface area contributed by atoms with Crippen LogP contribution in [0.4, 0.5) is 0 Å². The molecule has 0 aliphatic rings. The highest BCUT2D eigenvalue weighted by molar-refractivity contribution is 6.04. The molecular formula is C29H24. The maximum absolute atomic E-state index is 2.32. The molecule has 0 fully saturated rings. The Hall–Kier alpha value is -3.38. The van der Waals surface area contributed by atoms with Crippen molar-refractivity contribution in [3.05, 3.63) is 132 Å². The average molecular weight is 373 g/mol. The molecule has 5 rings (SSSR count). The molecule has 29 heavy (non-hydrogen) atoms. The molecule has 0 amide bonds. The molecule has 0 heteroatoms. The largest absolute Gasteiger partial charge is 0.0639 e. The van der Waals surface area contributed by atoms with Crippen LogP contribution in [-0.4, -0.2) is 0 Å². The van der Waals surface area contributed by atoms with E-state index in [1.165, 1.54) is 38.2 Å². The number of hydrogen-bond acceptors (Lipinski definition) is 0. The highest BCUT2D eigenvalue weighted by Gasteiger charge is 2.37. The lowest BCUT2D eigenvalue weighted by molar-refractivity contribution is 0.603. The molecule has 0 saturated heterocycles. The Morgan fingerprint density at radius 2 is 0.931 bits per heavy atom. The first kappa shape index (κ1) is 17.7. The second-order valence-corrected chi connectivity index (χ2v) is 7.68. The number of benzene rings is 5. The average Bonchev–Trinajstić information content (AvgIpc) is 2.81. The molecule has 140 valence electrons. The summed E-state index contributed by atoms with van der Waals surface area (Å²) in [5.74, 6) is 0. The maximum Gasteiger partial charge on any atom is 0.0461 e. The quantitative estimate of drug-likeness (QED) is 0.223. The van der Waals surface area contributed by atoms with Crippen molar-refractivity contribution in [2.45, 2.75) is 18.8 Å². The zero-order chi connectivity index (χ0) is 19.7. The van der Waals surface area contributed by atoms with Gasteiger partial charge in [0.05, 0.1) is 0 Å². The van der Waals surface area contributed by atoms with Crippen molar-refractivity contribution in [1.29, 1.82) is 0 Å². The van der Waals surface area contributed by atoms with Crippen molar-refractivity contribution in [2.75, 3.05) is 0 Å². The molecule has 0 spiro atoms. The van der Waals surface area contributed by atoms with E-state index in [-0.39, 0.29) is 5.41 Å². The first-order valence-corrected chi connectivity index (χ1v) is 10.4. The molecule has 5 aromatic carbocycles. The van der Waals surface area contributed by atoms with E-state index >= 15 is 0 Å². The molecule has 0 aliphatic heterocycles. The Morgan fingerprint density at radius 3 is 1.38 bits per heavy atom. The van der Waals surface area contributed by atoms with E-state index in [2.05, 4.69) is 122 Å². The van der Waals surface area contributed by atoms with Gasteiger partial charge in [0.2, 0.25) is 0 Å². The summed E-state index contributed by atoms with van der Waals surface area (Å²) in [4.78, 5) is 0. The first-order valence-electron chi connectivity index (χ1n) is 10.4. The van der Waals surface area contributed by atoms with Crippen molar-refractivity contribution < 1.29 is 0 Å². The molecule has 0 atom stereocenters. The third-order valence-electron chi connectivity index (χ3n) is 6.26. The predicted octanol–water partition coefficient (Wildman–Crippen LogP) is 7.74. The fourth-order valence-corrected chi connectivity index (χ4v) is 4.96. The van der Waals surface area contributed by atoms with Gasteiger partial charge in [-0.15, -0.1) is 0 Å². The molecule has 0 aliphatic carbocycles. The fourth-order valence-electron chi connectivity index (χ4n) is 4.96. The van der Waals surface area contributed by atoms with Crippen LogP contribution in [0.1, 0.15) is 30.0 Å². The summed E-state index contributed by atoms with van der Waals surface area (Å²) in [6, 6.07) is 42.0. The van der Waals surface area contributed by atoms with E-state index in [1.807, 2.05) is 0 Å². The van der Waals surface area contributed by atoms with Crippen LogP contribution >= 0.6 is 0 Å². The van der Waals surface area contributed by atoms with E-state index in [1.54, 1.807) is 0 Å². The molecule has 0 bridgehead atoms. The van der Waals surface area contributed by atoms with Gasteiger partial charge >= 0.3 is 0 Å². The zero-order valence-electron chi connectivity index (χ0n) is 16.7. The SMILES string of the molecule is CCC(c1ccccc1)(c1ccccc1)c1c2ccccc2cc2ccccc12. The van der Waals surface area contributed by atoms with Gasteiger partial charge < -0.3 is 0 Å². The maximum atomic E-state index is 2.32. The van der Waals surface area contributed by atoms with Crippen LogP contribution in [0.5, 0.6) is 0 Å². The summed E-state index contributed by atoms with van der Waals surface area (Å²) in [5, 5.41) is 5.26. The predicted molar refractivity (Wildman–Crippen MR) is 125 cm³/mol. The lowest BCUT2D eigenvalue weighted by Crippen LogP contribution is -2.29. The monoisotopic (exact) mass is 372 g/mol. The highest BCUT2D eigenvalue weighted by Crippen LogP contribution is 2.47. The molecule has 0 heterocycles. The van der Waals surface area contributed by atoms with Gasteiger partial charge in [0.25, 0.3) is 0 Å². The van der Waals surface area contributed by atoms with E-state index in [0.717, 1.165) is 6.42 Å². The minimum Gasteiger partial charge on any atom is -0.0639 e. The number of hydrogen-bond donors (Lipinski definition) is 0. The molecule has 0 unspecified atom stereocenters. The minimum absolute atomic E-state index is 0.219. The van der Waals surface area contributed by atoms with Crippen LogP contribution in [0, 0.1) is 0 Å². The van der Waals surface area contributed by atoms with Crippen LogP contribution in [0.3, 0.4) is 0 Å². The van der Waals surface area contributed by atoms with Gasteiger partial charge in [-0.2, -0.15) is 0 Å². The smallest absolute Gasteiger partial charge is 0.0461 e. The van der Waals surface area contributed by atoms with Crippen LogP contribution in [0.2, 0.25) is 0 Å². The second-order valence-electron chi connectivity index (χ2n) is 7.68. The van der Waals surface area contributed by atoms with Crippen molar-refractivity contribution in [3.63, 3.8) is 0 Å². The van der Waals surface area contributed by atoms with Gasteiger partial charge in [-0.25, -0.2) is 0 Å². The van der Waals surface area contributed by atoms with Crippen molar-refractivity contribution in [2.24, 2.45) is 0 Å². The molecule has 0 aromatic heterocycles. The van der Waals surface area contributed by atoms with E-state index in [0.29, 0.717) is 0 Å². The Balaban J connectivity index is 2.02. The van der Waals surface area contributed by atoms with Gasteiger partial charge in [0.1, 0.15) is 0 Å². The van der Waals surface area contributed by atoms with Crippen LogP contribution in [0.15, 0.2) is 115 Å². The van der Waals surface area contributed by atoms with Gasteiger partial charge in [0, 0.05) is 5.41 Å². The highest BCUT2D eigenvalue weighted by atomic mass is 14.4. The number of rotatable bonds is 4. The van der Waals surface area contributed by atoms with Gasteiger partial charge in [-0.05, 0) is 50.7 Å². The molecule has 0 radical (unpaired) electrons. The Kier molecular flexibility index (Phi) is 4.41. The molecule has 0 nitrogen and oxygen atoms in total. The normalized spacial score (nSPS) is 11.8. The summed E-state index contributed by atoms with van der Waals surface area (Å²) in [6.07, 6.45) is 0.985. The third kappa shape index (κ3) is 2.76. The van der Waals surface area contributed by atoms with E-state index in [4.69, 9.17) is 0 Å². The second kappa shape index (κ2) is 7.22. The summed E-state index contributed by atoms with van der Waals surface area (Å²) in [6.45, 7) is 2.32. The number of fused-ring (bicyclic) bond motifs is 2. The van der Waals surface area contributed by atoms with Gasteiger partial charge in [0.15, 0.2) is 0 Å². The Morgan fingerprint density at radius 1 is 0.517 bits per heavy atom. The summed E-state index contributed by atoms with van der Waals surface area (Å²) in [7, 11) is 0. The van der Waals surface area contributed by atoms with E-state index in [9.17, 15) is 0 Å². The summed E-state index contributed by atoms with van der Waals surface area (Å²) >= 11 is 0. The van der Waals surface area contributed by atoms with Crippen molar-refractivity contribution in [1.82, 2.24) is 0 Å².